The molecule has 1 atom stereocenters. The molecule has 0 bridgehead atoms. The Morgan fingerprint density at radius 1 is 0.862 bits per heavy atom. The van der Waals surface area contributed by atoms with E-state index in [0.29, 0.717) is 11.6 Å². The smallest absolute Gasteiger partial charge is 0.258 e. The molecule has 1 heterocycles. The Balaban J connectivity index is 1.69. The van der Waals surface area contributed by atoms with E-state index < -0.39 is 25.9 Å². The van der Waals surface area contributed by atoms with Crippen molar-refractivity contribution in [1.29, 1.82) is 0 Å². The van der Waals surface area contributed by atoms with Gasteiger partial charge in [0, 0.05) is 5.41 Å². The standard InChI is InChI=1S/C22H25NO4S2/c24-28(25)16-15-21(17-28)23(20-9-5-2-6-10-20)29(26,27)22-13-11-19(12-14-22)18-7-3-1-4-8-18/h2,5-6,9-16,18,21H,1,3-4,7-8,17H2/t21-/m0/s1. The lowest BCUT2D eigenvalue weighted by molar-refractivity contribution is 0.443. The van der Waals surface area contributed by atoms with E-state index in [4.69, 9.17) is 0 Å². The fourth-order valence-electron chi connectivity index (χ4n) is 4.25. The second-order valence-corrected chi connectivity index (χ2v) is 11.5. The molecule has 0 N–H and O–H groups in total. The maximum atomic E-state index is 13.5. The molecule has 1 aliphatic heterocycles. The predicted molar refractivity (Wildman–Crippen MR) is 115 cm³/mol. The lowest BCUT2D eigenvalue weighted by Gasteiger charge is -2.29. The summed E-state index contributed by atoms with van der Waals surface area (Å²) in [4.78, 5) is 0.179. The Labute approximate surface area is 173 Å². The fraction of sp³-hybridized carbons (Fsp3) is 0.364. The van der Waals surface area contributed by atoms with E-state index in [2.05, 4.69) is 0 Å². The van der Waals surface area contributed by atoms with Gasteiger partial charge in [-0.3, -0.25) is 4.31 Å². The number of para-hydroxylation sites is 1. The Bertz CT molecular complexity index is 1090. The topological polar surface area (TPSA) is 71.5 Å². The molecule has 0 unspecified atom stereocenters. The molecule has 0 aromatic heterocycles. The lowest BCUT2D eigenvalue weighted by atomic mass is 9.84. The van der Waals surface area contributed by atoms with Crippen LogP contribution in [0.1, 0.15) is 43.6 Å². The molecule has 29 heavy (non-hydrogen) atoms. The van der Waals surface area contributed by atoms with Gasteiger partial charge in [-0.2, -0.15) is 0 Å². The fourth-order valence-corrected chi connectivity index (χ4v) is 7.22. The molecule has 0 amide bonds. The van der Waals surface area contributed by atoms with Crippen molar-refractivity contribution in [3.05, 3.63) is 71.6 Å². The highest BCUT2D eigenvalue weighted by atomic mass is 32.2. The molecule has 0 radical (unpaired) electrons. The number of sulfone groups is 1. The minimum Gasteiger partial charge on any atom is -0.258 e. The normalized spacial score (nSPS) is 21.9. The number of anilines is 1. The zero-order valence-corrected chi connectivity index (χ0v) is 17.8. The zero-order chi connectivity index (χ0) is 20.5. The van der Waals surface area contributed by atoms with Crippen molar-refractivity contribution >= 4 is 25.5 Å². The van der Waals surface area contributed by atoms with Crippen molar-refractivity contribution in [1.82, 2.24) is 0 Å². The van der Waals surface area contributed by atoms with Crippen molar-refractivity contribution in [2.75, 3.05) is 10.1 Å². The van der Waals surface area contributed by atoms with Gasteiger partial charge in [0.05, 0.1) is 22.4 Å². The van der Waals surface area contributed by atoms with Crippen LogP contribution < -0.4 is 4.31 Å². The van der Waals surface area contributed by atoms with E-state index in [1.807, 2.05) is 12.1 Å². The quantitative estimate of drug-likeness (QED) is 0.710. The highest BCUT2D eigenvalue weighted by Gasteiger charge is 2.36. The van der Waals surface area contributed by atoms with Crippen molar-refractivity contribution in [2.24, 2.45) is 0 Å². The lowest BCUT2D eigenvalue weighted by Crippen LogP contribution is -2.41. The molecular weight excluding hydrogens is 406 g/mol. The maximum Gasteiger partial charge on any atom is 0.264 e. The van der Waals surface area contributed by atoms with Crippen LogP contribution in [0.25, 0.3) is 0 Å². The minimum atomic E-state index is -3.92. The van der Waals surface area contributed by atoms with Gasteiger partial charge in [-0.15, -0.1) is 0 Å². The van der Waals surface area contributed by atoms with E-state index in [1.165, 1.54) is 35.2 Å². The SMILES string of the molecule is O=S1(=O)C=C[C@H](N(c2ccccc2)S(=O)(=O)c2ccc(C3CCCCC3)cc2)C1. The van der Waals surface area contributed by atoms with Crippen LogP contribution in [0.15, 0.2) is 71.0 Å². The summed E-state index contributed by atoms with van der Waals surface area (Å²) in [6, 6.07) is 15.0. The average Bonchev–Trinajstić information content (AvgIpc) is 3.08. The second kappa shape index (κ2) is 7.95. The van der Waals surface area contributed by atoms with Crippen LogP contribution in [-0.4, -0.2) is 28.6 Å². The summed E-state index contributed by atoms with van der Waals surface area (Å²) in [6.45, 7) is 0. The summed E-state index contributed by atoms with van der Waals surface area (Å²) < 4.78 is 52.2. The van der Waals surface area contributed by atoms with Crippen LogP contribution in [0.4, 0.5) is 5.69 Å². The van der Waals surface area contributed by atoms with Gasteiger partial charge in [0.1, 0.15) is 0 Å². The Morgan fingerprint density at radius 3 is 2.10 bits per heavy atom. The summed E-state index contributed by atoms with van der Waals surface area (Å²) in [5, 5.41) is 1.11. The minimum absolute atomic E-state index is 0.179. The molecule has 7 heteroatoms. The number of rotatable bonds is 5. The van der Waals surface area contributed by atoms with Gasteiger partial charge in [-0.25, -0.2) is 16.8 Å². The third-order valence-electron chi connectivity index (χ3n) is 5.74. The van der Waals surface area contributed by atoms with Gasteiger partial charge >= 0.3 is 0 Å². The van der Waals surface area contributed by atoms with Crippen LogP contribution in [0.5, 0.6) is 0 Å². The Kier molecular flexibility index (Phi) is 5.53. The molecule has 2 aromatic rings. The molecule has 4 rings (SSSR count). The molecular formula is C22H25NO4S2. The monoisotopic (exact) mass is 431 g/mol. The first-order chi connectivity index (χ1) is 13.9. The third-order valence-corrected chi connectivity index (χ3v) is 8.98. The number of nitrogens with zero attached hydrogens (tertiary/aromatic N) is 1. The molecule has 2 aromatic carbocycles. The summed E-state index contributed by atoms with van der Waals surface area (Å²) in [7, 11) is -7.32. The number of benzene rings is 2. The van der Waals surface area contributed by atoms with E-state index in [0.717, 1.165) is 18.2 Å². The largest absolute Gasteiger partial charge is 0.264 e. The summed E-state index contributed by atoms with van der Waals surface area (Å²) in [5.41, 5.74) is 1.63. The van der Waals surface area contributed by atoms with Gasteiger partial charge < -0.3 is 0 Å². The number of hydrogen-bond acceptors (Lipinski definition) is 4. The molecule has 2 aliphatic rings. The summed E-state index contributed by atoms with van der Waals surface area (Å²) in [5.74, 6) is 0.245. The molecule has 0 saturated heterocycles. The zero-order valence-electron chi connectivity index (χ0n) is 16.1. The number of hydrogen-bond donors (Lipinski definition) is 0. The first-order valence-electron chi connectivity index (χ1n) is 9.97. The second-order valence-electron chi connectivity index (χ2n) is 7.77. The van der Waals surface area contributed by atoms with Crippen LogP contribution in [0, 0.1) is 0 Å². The highest BCUT2D eigenvalue weighted by molar-refractivity contribution is 7.95. The van der Waals surface area contributed by atoms with Gasteiger partial charge in [0.15, 0.2) is 9.84 Å². The Morgan fingerprint density at radius 2 is 1.52 bits per heavy atom. The van der Waals surface area contributed by atoms with Crippen molar-refractivity contribution < 1.29 is 16.8 Å². The number of sulfonamides is 1. The van der Waals surface area contributed by atoms with Gasteiger partial charge in [-0.1, -0.05) is 49.6 Å². The van der Waals surface area contributed by atoms with Gasteiger partial charge in [-0.05, 0) is 54.7 Å². The van der Waals surface area contributed by atoms with Crippen molar-refractivity contribution in [3.63, 3.8) is 0 Å². The van der Waals surface area contributed by atoms with Crippen LogP contribution >= 0.6 is 0 Å². The molecule has 1 saturated carbocycles. The maximum absolute atomic E-state index is 13.5. The Hall–Kier alpha value is -2.12. The van der Waals surface area contributed by atoms with Gasteiger partial charge in [0.25, 0.3) is 10.0 Å². The van der Waals surface area contributed by atoms with Crippen LogP contribution in [0.2, 0.25) is 0 Å². The first kappa shape index (κ1) is 20.2. The molecule has 1 fully saturated rings. The average molecular weight is 432 g/mol. The van der Waals surface area contributed by atoms with Crippen molar-refractivity contribution in [2.45, 2.75) is 49.0 Å². The van der Waals surface area contributed by atoms with Crippen LogP contribution in [0.3, 0.4) is 0 Å². The predicted octanol–water partition coefficient (Wildman–Crippen LogP) is 4.24. The molecule has 1 aliphatic carbocycles. The first-order valence-corrected chi connectivity index (χ1v) is 13.1. The van der Waals surface area contributed by atoms with Gasteiger partial charge in [0.2, 0.25) is 0 Å². The van der Waals surface area contributed by atoms with Crippen molar-refractivity contribution in [3.8, 4) is 0 Å². The summed E-state index contributed by atoms with van der Waals surface area (Å²) in [6.07, 6.45) is 7.45. The third kappa shape index (κ3) is 4.26. The van der Waals surface area contributed by atoms with E-state index >= 15 is 0 Å². The van der Waals surface area contributed by atoms with Crippen LogP contribution in [-0.2, 0) is 19.9 Å². The van der Waals surface area contributed by atoms with E-state index in [1.54, 1.807) is 42.5 Å². The van der Waals surface area contributed by atoms with E-state index in [-0.39, 0.29) is 10.6 Å². The summed E-state index contributed by atoms with van der Waals surface area (Å²) >= 11 is 0. The molecule has 0 spiro atoms. The molecule has 5 nitrogen and oxygen atoms in total. The highest BCUT2D eigenvalue weighted by Crippen LogP contribution is 2.34. The molecule has 154 valence electrons. The van der Waals surface area contributed by atoms with E-state index in [9.17, 15) is 16.8 Å².